The van der Waals surface area contributed by atoms with E-state index in [1.165, 1.54) is 171 Å². The smallest absolute Gasteiger partial charge is 0.143 e. The van der Waals surface area contributed by atoms with Crippen molar-refractivity contribution < 1.29 is 8.83 Å². The summed E-state index contributed by atoms with van der Waals surface area (Å²) in [4.78, 5) is 7.09. The quantitative estimate of drug-likeness (QED) is 0.109. The van der Waals surface area contributed by atoms with Gasteiger partial charge in [-0.25, -0.2) is 0 Å². The number of furan rings is 2. The van der Waals surface area contributed by atoms with Crippen LogP contribution in [0.5, 0.6) is 0 Å². The molecule has 0 N–H and O–H groups in total. The van der Waals surface area contributed by atoms with Crippen molar-refractivity contribution in [1.82, 2.24) is 4.40 Å². The van der Waals surface area contributed by atoms with Crippen molar-refractivity contribution in [3.05, 3.63) is 519 Å². The standard InChI is InChI=1S/C48H37NO.C45H33NO.C42H28N2/c1-47(2)40-16-10-8-14-35(40)37-24-22-33(28-42(37)47)49(32-20-18-31(19-21-32)30-12-6-5-7-13-30)34-23-25-39-44(29-34)50-43-27-26-38-36-15-9-11-17-41(36)48(3,4)46(38)45(39)43;1-45(2)40-27-25-36(29-39(40)43-41(45)28-26-38-37-15-9-10-16-42(37)47-44(38)43)46(34-21-17-32(18-22-34)30-11-5-3-6-12-30)35-23-19-33(20-24-35)31-13-7-4-8-14-31;1-3-12-29(13-4-1)30-22-24-34(25-23-30)43(33-15-5-2-6-16-33)35-17-11-14-31(26-35)32-27-38-36-18-7-9-20-40(36)44-41-21-10-8-19-37(41)39(28-32)42(38)44/h5-29H,1-4H3;3-29H,1-2H3;1-28H. The fraction of sp³-hybridized carbons (Fsp3) is 0.0667. The van der Waals surface area contributed by atoms with E-state index in [9.17, 15) is 0 Å². The van der Waals surface area contributed by atoms with Crippen LogP contribution in [0.15, 0.2) is 494 Å². The molecule has 0 spiro atoms. The number of nitrogens with zero attached hydrogens (tertiary/aromatic N) is 4. The van der Waals surface area contributed by atoms with Gasteiger partial charge in [-0.3, -0.25) is 0 Å². The number of fused-ring (bicyclic) bond motifs is 23. The number of hydrogen-bond acceptors (Lipinski definition) is 5. The van der Waals surface area contributed by atoms with E-state index in [0.29, 0.717) is 0 Å². The minimum absolute atomic E-state index is 0.0990. The molecule has 6 heteroatoms. The molecule has 0 saturated carbocycles. The first kappa shape index (κ1) is 84.0. The second-order valence-corrected chi connectivity index (χ2v) is 39.4. The van der Waals surface area contributed by atoms with Crippen molar-refractivity contribution >= 4 is 133 Å². The normalized spacial score (nSPS) is 13.2. The van der Waals surface area contributed by atoms with Crippen molar-refractivity contribution in [3.63, 3.8) is 0 Å². The van der Waals surface area contributed by atoms with Crippen LogP contribution in [0.25, 0.3) is 171 Å². The highest BCUT2D eigenvalue weighted by atomic mass is 16.3. The number of rotatable bonds is 14. The Morgan fingerprint density at radius 3 is 1.11 bits per heavy atom. The maximum Gasteiger partial charge on any atom is 0.143 e. The van der Waals surface area contributed by atoms with Crippen LogP contribution in [0.1, 0.15) is 74.9 Å². The van der Waals surface area contributed by atoms with Crippen LogP contribution in [0.3, 0.4) is 0 Å². The second-order valence-electron chi connectivity index (χ2n) is 39.4. The SMILES string of the molecule is CC1(C)c2ccc(N(c3ccc(-c4ccccc4)cc3)c3ccc(-c4ccccc4)cc3)cc2-c2c1ccc1c2oc2ccccc21.CC1(C)c2ccccc2-c2ccc(N(c3ccc(-c4ccccc4)cc3)c3ccc4c(c3)oc3ccc5c(c34)C(C)(C)c3ccccc3-5)cc21.c1ccc(-c2ccc(N(c3ccccc3)c3cccc(-c4cc5c6ccccc6n6c7ccccc7c(c4)c56)c3)cc2)cc1. The van der Waals surface area contributed by atoms with Crippen molar-refractivity contribution in [2.75, 3.05) is 14.7 Å². The Balaban J connectivity index is 0.000000109. The van der Waals surface area contributed by atoms with Crippen LogP contribution in [0.4, 0.5) is 51.2 Å². The van der Waals surface area contributed by atoms with Gasteiger partial charge in [0, 0.05) is 122 Å². The molecule has 4 aromatic heterocycles. The van der Waals surface area contributed by atoms with Gasteiger partial charge in [-0.05, 0) is 262 Å². The first-order chi connectivity index (χ1) is 69.2. The Labute approximate surface area is 820 Å². The van der Waals surface area contributed by atoms with E-state index in [1.807, 2.05) is 6.07 Å². The van der Waals surface area contributed by atoms with Crippen LogP contribution in [-0.2, 0) is 16.2 Å². The summed E-state index contributed by atoms with van der Waals surface area (Å²) in [6.45, 7) is 14.0. The molecule has 0 fully saturated rings. The van der Waals surface area contributed by atoms with Crippen molar-refractivity contribution in [1.29, 1.82) is 0 Å². The van der Waals surface area contributed by atoms with E-state index in [2.05, 4.69) is 540 Å². The maximum absolute atomic E-state index is 6.73. The summed E-state index contributed by atoms with van der Waals surface area (Å²) in [6, 6.07) is 176. The molecule has 670 valence electrons. The number of benzene rings is 21. The third kappa shape index (κ3) is 14.0. The fourth-order valence-electron chi connectivity index (χ4n) is 23.3. The van der Waals surface area contributed by atoms with Gasteiger partial charge in [0.2, 0.25) is 0 Å². The Bertz CT molecular complexity index is 8990. The number of para-hydroxylation sites is 4. The third-order valence-corrected chi connectivity index (χ3v) is 30.2. The van der Waals surface area contributed by atoms with Crippen LogP contribution in [0.2, 0.25) is 0 Å². The Morgan fingerprint density at radius 2 is 0.560 bits per heavy atom. The van der Waals surface area contributed by atoms with Crippen LogP contribution in [-0.4, -0.2) is 4.40 Å². The minimum Gasteiger partial charge on any atom is -0.456 e. The lowest BCUT2D eigenvalue weighted by molar-refractivity contribution is 0.653. The Morgan fingerprint density at radius 1 is 0.191 bits per heavy atom. The Hall–Kier alpha value is -17.6. The molecule has 28 rings (SSSR count). The van der Waals surface area contributed by atoms with Crippen molar-refractivity contribution in [2.24, 2.45) is 0 Å². The van der Waals surface area contributed by atoms with Gasteiger partial charge in [-0.2, -0.15) is 0 Å². The molecule has 21 aromatic carbocycles. The molecule has 0 saturated heterocycles. The predicted molar refractivity (Wildman–Crippen MR) is 592 cm³/mol. The van der Waals surface area contributed by atoms with Crippen LogP contribution in [0, 0.1) is 0 Å². The summed E-state index contributed by atoms with van der Waals surface area (Å²) in [5.74, 6) is 0. The molecule has 4 heterocycles. The lowest BCUT2D eigenvalue weighted by Crippen LogP contribution is -2.16. The molecule has 25 aromatic rings. The molecule has 141 heavy (non-hydrogen) atoms. The molecule has 3 aliphatic carbocycles. The van der Waals surface area contributed by atoms with Crippen LogP contribution < -0.4 is 14.7 Å². The highest BCUT2D eigenvalue weighted by molar-refractivity contribution is 6.25. The second kappa shape index (κ2) is 33.4. The zero-order valence-electron chi connectivity index (χ0n) is 79.3. The highest BCUT2D eigenvalue weighted by Gasteiger charge is 2.41. The van der Waals surface area contributed by atoms with Crippen LogP contribution >= 0.6 is 0 Å². The molecular formula is C135H98N4O2. The van der Waals surface area contributed by atoms with Gasteiger partial charge in [-0.1, -0.05) is 375 Å². The first-order valence-corrected chi connectivity index (χ1v) is 49.0. The van der Waals surface area contributed by atoms with Gasteiger partial charge in [0.15, 0.2) is 0 Å². The fourth-order valence-corrected chi connectivity index (χ4v) is 23.3. The van der Waals surface area contributed by atoms with E-state index >= 15 is 0 Å². The number of anilines is 9. The van der Waals surface area contributed by atoms with Crippen molar-refractivity contribution in [3.8, 4) is 89.0 Å². The van der Waals surface area contributed by atoms with E-state index in [-0.39, 0.29) is 16.2 Å². The van der Waals surface area contributed by atoms with Gasteiger partial charge >= 0.3 is 0 Å². The van der Waals surface area contributed by atoms with E-state index < -0.39 is 0 Å². The molecule has 3 aliphatic rings. The molecule has 0 aliphatic heterocycles. The predicted octanol–water partition coefficient (Wildman–Crippen LogP) is 37.7. The molecule has 0 bridgehead atoms. The summed E-state index contributed by atoms with van der Waals surface area (Å²) in [7, 11) is 0. The summed E-state index contributed by atoms with van der Waals surface area (Å²) < 4.78 is 15.8. The summed E-state index contributed by atoms with van der Waals surface area (Å²) in [6.07, 6.45) is 0. The average Bonchev–Trinajstić information content (AvgIpc) is 1.75. The first-order valence-electron chi connectivity index (χ1n) is 49.0. The average molecular weight is 1810 g/mol. The third-order valence-electron chi connectivity index (χ3n) is 30.2. The zero-order valence-corrected chi connectivity index (χ0v) is 79.3. The molecule has 0 amide bonds. The van der Waals surface area contributed by atoms with Gasteiger partial charge in [0.1, 0.15) is 22.3 Å². The molecular weight excluding hydrogens is 1710 g/mol. The van der Waals surface area contributed by atoms with E-state index in [4.69, 9.17) is 8.83 Å². The molecule has 0 unspecified atom stereocenters. The van der Waals surface area contributed by atoms with Gasteiger partial charge < -0.3 is 27.9 Å². The lowest BCUT2D eigenvalue weighted by atomic mass is 9.80. The minimum atomic E-state index is -0.143. The largest absolute Gasteiger partial charge is 0.456 e. The van der Waals surface area contributed by atoms with E-state index in [1.54, 1.807) is 0 Å². The van der Waals surface area contributed by atoms with Gasteiger partial charge in [0.25, 0.3) is 0 Å². The summed E-state index contributed by atoms with van der Waals surface area (Å²) in [5, 5.41) is 9.88. The lowest BCUT2D eigenvalue weighted by Gasteiger charge is -2.28. The highest BCUT2D eigenvalue weighted by Crippen LogP contribution is 2.58. The molecule has 0 radical (unpaired) electrons. The molecule has 6 nitrogen and oxygen atoms in total. The molecule has 0 atom stereocenters. The van der Waals surface area contributed by atoms with Gasteiger partial charge in [-0.15, -0.1) is 0 Å². The van der Waals surface area contributed by atoms with Gasteiger partial charge in [0.05, 0.1) is 16.6 Å². The zero-order chi connectivity index (χ0) is 94.4. The monoisotopic (exact) mass is 1810 g/mol. The topological polar surface area (TPSA) is 40.4 Å². The summed E-state index contributed by atoms with van der Waals surface area (Å²) in [5.41, 5.74) is 45.1. The van der Waals surface area contributed by atoms with Crippen molar-refractivity contribution in [2.45, 2.75) is 57.8 Å². The maximum atomic E-state index is 6.73. The number of hydrogen-bond donors (Lipinski definition) is 0. The summed E-state index contributed by atoms with van der Waals surface area (Å²) >= 11 is 0. The Kier molecular flexibility index (Phi) is 19.9. The number of aromatic nitrogens is 1. The van der Waals surface area contributed by atoms with E-state index in [0.717, 1.165) is 84.3 Å².